The van der Waals surface area contributed by atoms with Crippen molar-refractivity contribution in [3.8, 4) is 0 Å². The lowest BCUT2D eigenvalue weighted by atomic mass is 9.80. The van der Waals surface area contributed by atoms with Crippen LogP contribution in [0.3, 0.4) is 0 Å². The Morgan fingerprint density at radius 3 is 2.62 bits per heavy atom. The maximum Gasteiger partial charge on any atom is 0.323 e. The van der Waals surface area contributed by atoms with Gasteiger partial charge in [0.05, 0.1) is 18.1 Å². The van der Waals surface area contributed by atoms with Crippen molar-refractivity contribution in [2.75, 3.05) is 12.9 Å². The number of sulfone groups is 1. The standard InChI is InChI=1S/C15H19NO4S/c1-9-7-13-14(11-6-4-3-5-10(9)11)16-12(15(17)20-2)8-21(13,18)19/h3-6,9,12-14,16H,7-8H2,1-2H3. The largest absolute Gasteiger partial charge is 0.468 e. The molecule has 1 aromatic carbocycles. The van der Waals surface area contributed by atoms with E-state index in [-0.39, 0.29) is 17.7 Å². The molecule has 2 aliphatic rings. The van der Waals surface area contributed by atoms with Crippen LogP contribution in [0.15, 0.2) is 24.3 Å². The van der Waals surface area contributed by atoms with Gasteiger partial charge in [-0.2, -0.15) is 0 Å². The molecule has 0 radical (unpaired) electrons. The van der Waals surface area contributed by atoms with Gasteiger partial charge in [-0.25, -0.2) is 8.42 Å². The maximum atomic E-state index is 12.6. The number of hydrogen-bond acceptors (Lipinski definition) is 5. The highest BCUT2D eigenvalue weighted by molar-refractivity contribution is 7.92. The van der Waals surface area contributed by atoms with E-state index in [1.165, 1.54) is 7.11 Å². The number of carbonyl (C=O) groups is 1. The Morgan fingerprint density at radius 2 is 1.95 bits per heavy atom. The Hall–Kier alpha value is -1.40. The van der Waals surface area contributed by atoms with Crippen LogP contribution in [-0.4, -0.2) is 38.5 Å². The molecule has 1 fully saturated rings. The second-order valence-corrected chi connectivity index (χ2v) is 8.12. The van der Waals surface area contributed by atoms with E-state index in [4.69, 9.17) is 4.74 Å². The Morgan fingerprint density at radius 1 is 1.29 bits per heavy atom. The van der Waals surface area contributed by atoms with Crippen molar-refractivity contribution in [1.82, 2.24) is 5.32 Å². The van der Waals surface area contributed by atoms with Crippen molar-refractivity contribution >= 4 is 15.8 Å². The second-order valence-electron chi connectivity index (χ2n) is 5.85. The molecule has 1 aliphatic carbocycles. The van der Waals surface area contributed by atoms with Gasteiger partial charge < -0.3 is 4.74 Å². The van der Waals surface area contributed by atoms with Crippen molar-refractivity contribution in [2.45, 2.75) is 36.6 Å². The quantitative estimate of drug-likeness (QED) is 0.788. The molecule has 1 heterocycles. The number of rotatable bonds is 1. The Balaban J connectivity index is 2.05. The van der Waals surface area contributed by atoms with Gasteiger partial charge in [-0.3, -0.25) is 10.1 Å². The third-order valence-electron chi connectivity index (χ3n) is 4.55. The van der Waals surface area contributed by atoms with Gasteiger partial charge in [0.15, 0.2) is 9.84 Å². The summed E-state index contributed by atoms with van der Waals surface area (Å²) in [5.74, 6) is -0.503. The first kappa shape index (κ1) is 14.5. The summed E-state index contributed by atoms with van der Waals surface area (Å²) in [4.78, 5) is 11.8. The molecular weight excluding hydrogens is 290 g/mol. The van der Waals surface area contributed by atoms with E-state index < -0.39 is 27.1 Å². The zero-order valence-electron chi connectivity index (χ0n) is 12.1. The number of hydrogen-bond donors (Lipinski definition) is 1. The predicted molar refractivity (Wildman–Crippen MR) is 78.7 cm³/mol. The van der Waals surface area contributed by atoms with Crippen LogP contribution in [-0.2, 0) is 19.4 Å². The van der Waals surface area contributed by atoms with E-state index in [1.54, 1.807) is 0 Å². The number of methoxy groups -OCH3 is 1. The van der Waals surface area contributed by atoms with Crippen LogP contribution >= 0.6 is 0 Å². The minimum absolute atomic E-state index is 0.185. The van der Waals surface area contributed by atoms with E-state index in [1.807, 2.05) is 24.3 Å². The van der Waals surface area contributed by atoms with Gasteiger partial charge in [0.25, 0.3) is 0 Å². The van der Waals surface area contributed by atoms with E-state index in [0.717, 1.165) is 11.1 Å². The fourth-order valence-electron chi connectivity index (χ4n) is 3.50. The molecule has 0 spiro atoms. The van der Waals surface area contributed by atoms with Gasteiger partial charge in [-0.05, 0) is 23.5 Å². The lowest BCUT2D eigenvalue weighted by Crippen LogP contribution is -2.57. The van der Waals surface area contributed by atoms with Crippen LogP contribution in [0, 0.1) is 0 Å². The monoisotopic (exact) mass is 309 g/mol. The predicted octanol–water partition coefficient (Wildman–Crippen LogP) is 1.16. The van der Waals surface area contributed by atoms with Gasteiger partial charge >= 0.3 is 5.97 Å². The third kappa shape index (κ3) is 2.36. The number of esters is 1. The van der Waals surface area contributed by atoms with Crippen LogP contribution in [0.1, 0.15) is 36.4 Å². The lowest BCUT2D eigenvalue weighted by Gasteiger charge is -2.42. The minimum Gasteiger partial charge on any atom is -0.468 e. The molecule has 21 heavy (non-hydrogen) atoms. The normalized spacial score (nSPS) is 33.6. The summed E-state index contributed by atoms with van der Waals surface area (Å²) in [6, 6.07) is 6.73. The highest BCUT2D eigenvalue weighted by Gasteiger charge is 2.47. The second kappa shape index (κ2) is 5.10. The first-order chi connectivity index (χ1) is 9.94. The molecule has 1 N–H and O–H groups in total. The number of ether oxygens (including phenoxy) is 1. The van der Waals surface area contributed by atoms with Crippen molar-refractivity contribution in [3.05, 3.63) is 35.4 Å². The average molecular weight is 309 g/mol. The van der Waals surface area contributed by atoms with Crippen LogP contribution in [0.4, 0.5) is 0 Å². The Kier molecular flexibility index (Phi) is 3.53. The number of carbonyl (C=O) groups excluding carboxylic acids is 1. The molecule has 0 amide bonds. The lowest BCUT2D eigenvalue weighted by molar-refractivity contribution is -0.142. The summed E-state index contributed by atoms with van der Waals surface area (Å²) < 4.78 is 29.8. The van der Waals surface area contributed by atoms with Gasteiger partial charge in [0.1, 0.15) is 6.04 Å². The summed E-state index contributed by atoms with van der Waals surface area (Å²) in [6.07, 6.45) is 0.588. The molecule has 1 aliphatic heterocycles. The van der Waals surface area contributed by atoms with Crippen molar-refractivity contribution in [1.29, 1.82) is 0 Å². The van der Waals surface area contributed by atoms with Crippen LogP contribution < -0.4 is 5.32 Å². The fourth-order valence-corrected chi connectivity index (χ4v) is 5.67. The van der Waals surface area contributed by atoms with E-state index >= 15 is 0 Å². The van der Waals surface area contributed by atoms with Gasteiger partial charge in [0, 0.05) is 6.04 Å². The van der Waals surface area contributed by atoms with E-state index in [2.05, 4.69) is 12.2 Å². The van der Waals surface area contributed by atoms with Gasteiger partial charge in [-0.15, -0.1) is 0 Å². The molecular formula is C15H19NO4S. The number of nitrogens with one attached hydrogen (secondary N) is 1. The van der Waals surface area contributed by atoms with Crippen molar-refractivity contribution < 1.29 is 17.9 Å². The zero-order chi connectivity index (χ0) is 15.2. The molecule has 3 rings (SSSR count). The molecule has 0 saturated carbocycles. The summed E-state index contributed by atoms with van der Waals surface area (Å²) in [5, 5.41) is 2.72. The molecule has 0 bridgehead atoms. The first-order valence-corrected chi connectivity index (χ1v) is 8.80. The van der Waals surface area contributed by atoms with Crippen molar-refractivity contribution in [2.24, 2.45) is 0 Å². The van der Waals surface area contributed by atoms with Crippen LogP contribution in [0.2, 0.25) is 0 Å². The number of fused-ring (bicyclic) bond motifs is 3. The minimum atomic E-state index is -3.33. The van der Waals surface area contributed by atoms with Crippen LogP contribution in [0.5, 0.6) is 0 Å². The molecule has 114 valence electrons. The fraction of sp³-hybridized carbons (Fsp3) is 0.533. The number of benzene rings is 1. The van der Waals surface area contributed by atoms with Crippen LogP contribution in [0.25, 0.3) is 0 Å². The third-order valence-corrected chi connectivity index (χ3v) is 6.73. The topological polar surface area (TPSA) is 72.5 Å². The molecule has 1 aromatic rings. The average Bonchev–Trinajstić information content (AvgIpc) is 2.47. The summed E-state index contributed by atoms with van der Waals surface area (Å²) >= 11 is 0. The summed E-state index contributed by atoms with van der Waals surface area (Å²) in [7, 11) is -2.05. The van der Waals surface area contributed by atoms with Gasteiger partial charge in [-0.1, -0.05) is 31.2 Å². The smallest absolute Gasteiger partial charge is 0.323 e. The SMILES string of the molecule is COC(=O)C1CS(=O)(=O)C2CC(C)c3ccccc3C2N1. The maximum absolute atomic E-state index is 12.6. The highest BCUT2D eigenvalue weighted by atomic mass is 32.2. The van der Waals surface area contributed by atoms with E-state index in [9.17, 15) is 13.2 Å². The first-order valence-electron chi connectivity index (χ1n) is 7.08. The molecule has 1 saturated heterocycles. The van der Waals surface area contributed by atoms with Gasteiger partial charge in [0.2, 0.25) is 0 Å². The molecule has 0 aromatic heterocycles. The zero-order valence-corrected chi connectivity index (χ0v) is 12.9. The highest BCUT2D eigenvalue weighted by Crippen LogP contribution is 2.42. The van der Waals surface area contributed by atoms with Crippen molar-refractivity contribution in [3.63, 3.8) is 0 Å². The molecule has 4 unspecified atom stereocenters. The summed E-state index contributed by atoms with van der Waals surface area (Å²) in [5.41, 5.74) is 2.14. The molecule has 5 nitrogen and oxygen atoms in total. The Bertz CT molecular complexity index is 670. The Labute approximate surface area is 124 Å². The molecule has 4 atom stereocenters. The van der Waals surface area contributed by atoms with E-state index in [0.29, 0.717) is 6.42 Å². The molecule has 6 heteroatoms. The summed E-state index contributed by atoms with van der Waals surface area (Å²) in [6.45, 7) is 2.05.